The van der Waals surface area contributed by atoms with Crippen LogP contribution >= 0.6 is 0 Å². The normalized spacial score (nSPS) is 12.2. The van der Waals surface area contributed by atoms with Crippen LogP contribution in [0, 0.1) is 0 Å². The first kappa shape index (κ1) is 15.6. The third-order valence-electron chi connectivity index (χ3n) is 2.43. The van der Waals surface area contributed by atoms with Crippen molar-refractivity contribution >= 4 is 6.09 Å². The van der Waals surface area contributed by atoms with Gasteiger partial charge in [0.1, 0.15) is 0 Å². The highest BCUT2D eigenvalue weighted by molar-refractivity contribution is 5.64. The molecule has 1 atom stereocenters. The van der Waals surface area contributed by atoms with E-state index in [1.165, 1.54) is 19.2 Å². The number of nitrogens with two attached hydrogens (primary N) is 1. The van der Waals surface area contributed by atoms with E-state index in [1.807, 2.05) is 0 Å². The van der Waals surface area contributed by atoms with Gasteiger partial charge in [-0.2, -0.15) is 4.98 Å². The summed E-state index contributed by atoms with van der Waals surface area (Å²) >= 11 is 0. The third-order valence-corrected chi connectivity index (χ3v) is 2.43. The van der Waals surface area contributed by atoms with E-state index in [4.69, 9.17) is 19.7 Å². The van der Waals surface area contributed by atoms with Gasteiger partial charge in [0.15, 0.2) is 12.7 Å². The molecule has 0 radical (unpaired) electrons. The van der Waals surface area contributed by atoms with Crippen LogP contribution in [-0.4, -0.2) is 34.3 Å². The number of ether oxygens (including phenoxy) is 2. The van der Waals surface area contributed by atoms with E-state index in [2.05, 4.69) is 15.1 Å². The number of amides is 1. The Balaban J connectivity index is 2.13. The summed E-state index contributed by atoms with van der Waals surface area (Å²) in [5.74, 6) is 0.213. The van der Waals surface area contributed by atoms with E-state index >= 15 is 0 Å². The van der Waals surface area contributed by atoms with E-state index < -0.39 is 25.2 Å². The molecule has 0 aliphatic heterocycles. The van der Waals surface area contributed by atoms with Crippen LogP contribution < -0.4 is 10.5 Å². The number of nitrogens with zero attached hydrogens (tertiary/aromatic N) is 3. The molecule has 2 N–H and O–H groups in total. The summed E-state index contributed by atoms with van der Waals surface area (Å²) in [4.78, 5) is 18.5. The fourth-order valence-corrected chi connectivity index (χ4v) is 1.52. The number of rotatable bonds is 6. The number of carbonyl (C=O) groups excluding carboxylic acids is 1. The summed E-state index contributed by atoms with van der Waals surface area (Å²) in [6, 6.07) is 2.93. The Kier molecular flexibility index (Phi) is 4.81. The summed E-state index contributed by atoms with van der Waals surface area (Å²) in [5.41, 5.74) is 5.33. The second-order valence-electron chi connectivity index (χ2n) is 4.12. The molecule has 0 saturated carbocycles. The van der Waals surface area contributed by atoms with Gasteiger partial charge in [0.05, 0.1) is 0 Å². The van der Waals surface area contributed by atoms with Crippen LogP contribution in [0.25, 0.3) is 11.4 Å². The van der Waals surface area contributed by atoms with Crippen LogP contribution in [0.15, 0.2) is 22.9 Å². The summed E-state index contributed by atoms with van der Waals surface area (Å²) in [6.45, 7) is 0.739. The zero-order valence-corrected chi connectivity index (χ0v) is 11.4. The zero-order valence-electron chi connectivity index (χ0n) is 11.4. The minimum atomic E-state index is -2.60. The maximum atomic E-state index is 12.1. The van der Waals surface area contributed by atoms with Crippen LogP contribution in [0.2, 0.25) is 0 Å². The standard InChI is InChI=1S/C12H12F2N4O4/c1-6(21-12(15)19)11-17-10(18-22-11)7-2-3-16-9(4-7)20-5-8(13)14/h2-4,6,8H,5H2,1H3,(H2,15,19). The van der Waals surface area contributed by atoms with Crippen LogP contribution in [0.1, 0.15) is 18.9 Å². The maximum absolute atomic E-state index is 12.1. The summed E-state index contributed by atoms with van der Waals surface area (Å²) < 4.78 is 38.6. The molecule has 1 unspecified atom stereocenters. The van der Waals surface area contributed by atoms with E-state index in [1.54, 1.807) is 6.07 Å². The molecule has 2 aromatic rings. The van der Waals surface area contributed by atoms with Gasteiger partial charge in [0.2, 0.25) is 11.7 Å². The molecule has 0 bridgehead atoms. The molecule has 0 saturated heterocycles. The van der Waals surface area contributed by atoms with Crippen LogP contribution in [-0.2, 0) is 4.74 Å². The van der Waals surface area contributed by atoms with Gasteiger partial charge in [0, 0.05) is 17.8 Å². The number of primary amides is 1. The van der Waals surface area contributed by atoms with Crippen molar-refractivity contribution in [2.24, 2.45) is 5.73 Å². The van der Waals surface area contributed by atoms with Crippen LogP contribution in [0.4, 0.5) is 13.6 Å². The average molecular weight is 314 g/mol. The molecule has 0 fully saturated rings. The smallest absolute Gasteiger partial charge is 0.405 e. The molecule has 2 aromatic heterocycles. The SMILES string of the molecule is CC(OC(N)=O)c1nc(-c2ccnc(OCC(F)F)c2)no1. The predicted molar refractivity (Wildman–Crippen MR) is 68.1 cm³/mol. The highest BCUT2D eigenvalue weighted by atomic mass is 19.3. The van der Waals surface area contributed by atoms with E-state index in [0.29, 0.717) is 5.56 Å². The lowest BCUT2D eigenvalue weighted by Gasteiger charge is -2.05. The molecule has 10 heteroatoms. The molecule has 0 aliphatic rings. The molecule has 22 heavy (non-hydrogen) atoms. The number of pyridine rings is 1. The first-order chi connectivity index (χ1) is 10.5. The van der Waals surface area contributed by atoms with Crippen molar-refractivity contribution < 1.29 is 27.6 Å². The van der Waals surface area contributed by atoms with Gasteiger partial charge >= 0.3 is 6.09 Å². The number of hydrogen-bond acceptors (Lipinski definition) is 7. The van der Waals surface area contributed by atoms with Gasteiger partial charge in [-0.1, -0.05) is 5.16 Å². The number of carbonyl (C=O) groups is 1. The highest BCUT2D eigenvalue weighted by Crippen LogP contribution is 2.22. The lowest BCUT2D eigenvalue weighted by Crippen LogP contribution is -2.15. The molecule has 0 aromatic carbocycles. The minimum Gasteiger partial charge on any atom is -0.472 e. The van der Waals surface area contributed by atoms with Gasteiger partial charge in [-0.3, -0.25) is 0 Å². The Hall–Kier alpha value is -2.78. The first-order valence-corrected chi connectivity index (χ1v) is 6.12. The lowest BCUT2D eigenvalue weighted by molar-refractivity contribution is 0.0796. The topological polar surface area (TPSA) is 113 Å². The summed E-state index contributed by atoms with van der Waals surface area (Å²) in [5, 5.41) is 3.70. The molecule has 118 valence electrons. The fraction of sp³-hybridized carbons (Fsp3) is 0.333. The summed E-state index contributed by atoms with van der Waals surface area (Å²) in [7, 11) is 0. The van der Waals surface area contributed by atoms with Crippen LogP contribution in [0.3, 0.4) is 0 Å². The number of aromatic nitrogens is 3. The van der Waals surface area contributed by atoms with E-state index in [0.717, 1.165) is 0 Å². The third kappa shape index (κ3) is 4.11. The molecule has 8 nitrogen and oxygen atoms in total. The largest absolute Gasteiger partial charge is 0.472 e. The quantitative estimate of drug-likeness (QED) is 0.866. The van der Waals surface area contributed by atoms with Crippen molar-refractivity contribution in [2.45, 2.75) is 19.5 Å². The van der Waals surface area contributed by atoms with Crippen LogP contribution in [0.5, 0.6) is 5.88 Å². The number of alkyl halides is 2. The Morgan fingerprint density at radius 1 is 1.50 bits per heavy atom. The van der Waals surface area contributed by atoms with Gasteiger partial charge < -0.3 is 19.7 Å². The number of halogens is 2. The van der Waals surface area contributed by atoms with Gasteiger partial charge in [-0.25, -0.2) is 18.6 Å². The van der Waals surface area contributed by atoms with Crippen molar-refractivity contribution in [1.29, 1.82) is 0 Å². The van der Waals surface area contributed by atoms with Crippen molar-refractivity contribution in [3.8, 4) is 17.3 Å². The van der Waals surface area contributed by atoms with Crippen molar-refractivity contribution in [2.75, 3.05) is 6.61 Å². The minimum absolute atomic E-state index is 0.00517. The lowest BCUT2D eigenvalue weighted by atomic mass is 10.2. The summed E-state index contributed by atoms with van der Waals surface area (Å²) in [6.07, 6.45) is -3.03. The van der Waals surface area contributed by atoms with Crippen molar-refractivity contribution in [3.05, 3.63) is 24.2 Å². The zero-order chi connectivity index (χ0) is 16.1. The first-order valence-electron chi connectivity index (χ1n) is 6.12. The second-order valence-corrected chi connectivity index (χ2v) is 4.12. The number of hydrogen-bond donors (Lipinski definition) is 1. The monoisotopic (exact) mass is 314 g/mol. The maximum Gasteiger partial charge on any atom is 0.405 e. The molecule has 0 aliphatic carbocycles. The van der Waals surface area contributed by atoms with Gasteiger partial charge in [0.25, 0.3) is 12.3 Å². The Bertz CT molecular complexity index is 650. The molecule has 1 amide bonds. The molecule has 2 heterocycles. The Labute approximate surface area is 123 Å². The molecular weight excluding hydrogens is 302 g/mol. The van der Waals surface area contributed by atoms with E-state index in [-0.39, 0.29) is 17.6 Å². The second kappa shape index (κ2) is 6.78. The fourth-order valence-electron chi connectivity index (χ4n) is 1.52. The molecule has 2 rings (SSSR count). The Morgan fingerprint density at radius 2 is 2.27 bits per heavy atom. The average Bonchev–Trinajstić information content (AvgIpc) is 2.94. The van der Waals surface area contributed by atoms with Crippen molar-refractivity contribution in [3.63, 3.8) is 0 Å². The molecule has 0 spiro atoms. The van der Waals surface area contributed by atoms with Crippen molar-refractivity contribution in [1.82, 2.24) is 15.1 Å². The van der Waals surface area contributed by atoms with Gasteiger partial charge in [-0.05, 0) is 13.0 Å². The predicted octanol–water partition coefficient (Wildman–Crippen LogP) is 1.93. The van der Waals surface area contributed by atoms with E-state index in [9.17, 15) is 13.6 Å². The van der Waals surface area contributed by atoms with Gasteiger partial charge in [-0.15, -0.1) is 0 Å². The highest BCUT2D eigenvalue weighted by Gasteiger charge is 2.18. The Morgan fingerprint density at radius 3 is 2.95 bits per heavy atom. The molecular formula is C12H12F2N4O4.